The molecule has 0 aliphatic heterocycles. The molecule has 0 spiro atoms. The maximum atomic E-state index is 10.0. The van der Waals surface area contributed by atoms with Gasteiger partial charge in [-0.15, -0.1) is 0 Å². The molecule has 1 aromatic carbocycles. The van der Waals surface area contributed by atoms with Crippen molar-refractivity contribution in [2.75, 3.05) is 0 Å². The first kappa shape index (κ1) is 10.1. The molecule has 1 aromatic rings. The van der Waals surface area contributed by atoms with Crippen LogP contribution in [0.2, 0.25) is 0 Å². The molecule has 66 valence electrons. The van der Waals surface area contributed by atoms with Crippen molar-refractivity contribution in [1.82, 2.24) is 0 Å². The summed E-state index contributed by atoms with van der Waals surface area (Å²) in [6.45, 7) is 0.104. The van der Waals surface area contributed by atoms with Crippen LogP contribution in [0, 0.1) is 3.57 Å². The van der Waals surface area contributed by atoms with Crippen molar-refractivity contribution in [1.29, 1.82) is 0 Å². The van der Waals surface area contributed by atoms with Gasteiger partial charge in [0.15, 0.2) is 0 Å². The number of hydrogen-bond donors (Lipinski definition) is 0. The van der Waals surface area contributed by atoms with Gasteiger partial charge in [0.2, 0.25) is 0 Å². The average Bonchev–Trinajstić information content (AvgIpc) is 2.03. The summed E-state index contributed by atoms with van der Waals surface area (Å²) in [6, 6.07) is 7.45. The van der Waals surface area contributed by atoms with E-state index < -0.39 is 11.4 Å². The Morgan fingerprint density at radius 3 is 2.50 bits per heavy atom. The number of hydrogen-bond acceptors (Lipinski definition) is 3. The van der Waals surface area contributed by atoms with Crippen LogP contribution in [0.3, 0.4) is 0 Å². The standard InChI is InChI=1S/C7H7IO3S/c8-7-3-1-6(2-4-7)5-11-12(9)10/h1-4H,5H2,(H,9,10)/p-1. The lowest BCUT2D eigenvalue weighted by Gasteiger charge is -2.05. The molecule has 0 aromatic heterocycles. The molecule has 5 heteroatoms. The molecule has 0 saturated carbocycles. The number of benzene rings is 1. The van der Waals surface area contributed by atoms with Gasteiger partial charge in [-0.05, 0) is 40.3 Å². The van der Waals surface area contributed by atoms with Gasteiger partial charge in [-0.25, -0.2) is 4.21 Å². The summed E-state index contributed by atoms with van der Waals surface area (Å²) < 4.78 is 25.5. The fraction of sp³-hybridized carbons (Fsp3) is 0.143. The highest BCUT2D eigenvalue weighted by Gasteiger charge is 1.92. The third kappa shape index (κ3) is 3.61. The summed E-state index contributed by atoms with van der Waals surface area (Å²) in [5.41, 5.74) is 0.847. The Kier molecular flexibility index (Phi) is 4.13. The Bertz CT molecular complexity index is 272. The SMILES string of the molecule is O=S([O-])OCc1ccc(I)cc1. The van der Waals surface area contributed by atoms with Crippen LogP contribution in [0.1, 0.15) is 5.56 Å². The number of rotatable bonds is 3. The summed E-state index contributed by atoms with van der Waals surface area (Å²) in [5, 5.41) is 0. The first-order valence-electron chi connectivity index (χ1n) is 3.15. The van der Waals surface area contributed by atoms with Crippen molar-refractivity contribution in [3.8, 4) is 0 Å². The summed E-state index contributed by atoms with van der Waals surface area (Å²) in [7, 11) is 0. The second kappa shape index (κ2) is 4.90. The molecule has 0 fully saturated rings. The zero-order valence-electron chi connectivity index (χ0n) is 6.03. The van der Waals surface area contributed by atoms with E-state index in [0.717, 1.165) is 9.13 Å². The second-order valence-electron chi connectivity index (χ2n) is 2.09. The number of halogens is 1. The van der Waals surface area contributed by atoms with Crippen molar-refractivity contribution in [3.05, 3.63) is 33.4 Å². The van der Waals surface area contributed by atoms with Gasteiger partial charge < -0.3 is 4.55 Å². The minimum Gasteiger partial charge on any atom is -0.750 e. The maximum absolute atomic E-state index is 10.0. The fourth-order valence-corrected chi connectivity index (χ4v) is 1.29. The second-order valence-corrected chi connectivity index (χ2v) is 3.98. The topological polar surface area (TPSA) is 49.4 Å². The largest absolute Gasteiger partial charge is 0.750 e. The molecule has 1 atom stereocenters. The normalized spacial score (nSPS) is 12.8. The van der Waals surface area contributed by atoms with Crippen LogP contribution >= 0.6 is 22.6 Å². The Morgan fingerprint density at radius 2 is 2.00 bits per heavy atom. The zero-order valence-corrected chi connectivity index (χ0v) is 9.00. The Hall–Kier alpha value is 0.0200. The summed E-state index contributed by atoms with van der Waals surface area (Å²) in [6.07, 6.45) is 0. The molecule has 0 aliphatic carbocycles. The smallest absolute Gasteiger partial charge is 0.0879 e. The van der Waals surface area contributed by atoms with Crippen molar-refractivity contribution in [2.24, 2.45) is 0 Å². The minimum atomic E-state index is -2.42. The molecule has 1 rings (SSSR count). The Labute approximate surface area is 86.8 Å². The quantitative estimate of drug-likeness (QED) is 0.629. The molecule has 0 radical (unpaired) electrons. The van der Waals surface area contributed by atoms with E-state index in [9.17, 15) is 8.76 Å². The van der Waals surface area contributed by atoms with Gasteiger partial charge in [0.25, 0.3) is 0 Å². The third-order valence-electron chi connectivity index (χ3n) is 1.24. The van der Waals surface area contributed by atoms with Gasteiger partial charge in [0.1, 0.15) is 0 Å². The predicted molar refractivity (Wildman–Crippen MR) is 52.9 cm³/mol. The minimum absolute atomic E-state index is 0.104. The molecule has 0 N–H and O–H groups in total. The van der Waals surface area contributed by atoms with Gasteiger partial charge in [0, 0.05) is 3.57 Å². The molecular formula is C7H6IO3S-. The molecular weight excluding hydrogens is 291 g/mol. The average molecular weight is 297 g/mol. The van der Waals surface area contributed by atoms with Gasteiger partial charge in [-0.1, -0.05) is 12.1 Å². The predicted octanol–water partition coefficient (Wildman–Crippen LogP) is 1.60. The lowest BCUT2D eigenvalue weighted by Crippen LogP contribution is -1.95. The molecule has 0 bridgehead atoms. The summed E-state index contributed by atoms with van der Waals surface area (Å²) >= 11 is -0.248. The van der Waals surface area contributed by atoms with Gasteiger partial charge in [-0.2, -0.15) is 0 Å². The molecule has 0 amide bonds. The first-order valence-corrected chi connectivity index (χ1v) is 5.23. The lowest BCUT2D eigenvalue weighted by atomic mass is 10.2. The molecule has 12 heavy (non-hydrogen) atoms. The highest BCUT2D eigenvalue weighted by Crippen LogP contribution is 2.07. The molecule has 0 saturated heterocycles. The lowest BCUT2D eigenvalue weighted by molar-refractivity contribution is 0.291. The van der Waals surface area contributed by atoms with Crippen LogP contribution in [-0.2, 0) is 22.2 Å². The Balaban J connectivity index is 2.53. The van der Waals surface area contributed by atoms with Gasteiger partial charge >= 0.3 is 0 Å². The van der Waals surface area contributed by atoms with Crippen LogP contribution in [0.25, 0.3) is 0 Å². The van der Waals surface area contributed by atoms with Crippen molar-refractivity contribution in [2.45, 2.75) is 6.61 Å². The van der Waals surface area contributed by atoms with Crippen molar-refractivity contribution >= 4 is 34.0 Å². The Morgan fingerprint density at radius 1 is 1.42 bits per heavy atom. The van der Waals surface area contributed by atoms with Crippen molar-refractivity contribution < 1.29 is 12.9 Å². The molecule has 3 nitrogen and oxygen atoms in total. The van der Waals surface area contributed by atoms with Gasteiger partial charge in [-0.3, -0.25) is 4.18 Å². The first-order chi connectivity index (χ1) is 5.68. The van der Waals surface area contributed by atoms with E-state index in [-0.39, 0.29) is 6.61 Å². The van der Waals surface area contributed by atoms with Crippen LogP contribution < -0.4 is 0 Å². The van der Waals surface area contributed by atoms with E-state index in [1.807, 2.05) is 24.3 Å². The highest BCUT2D eigenvalue weighted by atomic mass is 127. The highest BCUT2D eigenvalue weighted by molar-refractivity contribution is 14.1. The van der Waals surface area contributed by atoms with E-state index >= 15 is 0 Å². The van der Waals surface area contributed by atoms with E-state index in [1.165, 1.54) is 0 Å². The fourth-order valence-electron chi connectivity index (χ4n) is 0.697. The van der Waals surface area contributed by atoms with E-state index in [4.69, 9.17) is 0 Å². The molecule has 1 unspecified atom stereocenters. The van der Waals surface area contributed by atoms with Crippen LogP contribution in [-0.4, -0.2) is 8.76 Å². The van der Waals surface area contributed by atoms with Crippen LogP contribution in [0.4, 0.5) is 0 Å². The van der Waals surface area contributed by atoms with Crippen molar-refractivity contribution in [3.63, 3.8) is 0 Å². The molecule has 0 heterocycles. The summed E-state index contributed by atoms with van der Waals surface area (Å²) in [5.74, 6) is 0. The molecule has 0 aliphatic rings. The maximum Gasteiger partial charge on any atom is 0.0879 e. The zero-order chi connectivity index (χ0) is 8.97. The summed E-state index contributed by atoms with van der Waals surface area (Å²) in [4.78, 5) is 0. The van der Waals surface area contributed by atoms with E-state index in [2.05, 4.69) is 26.8 Å². The van der Waals surface area contributed by atoms with E-state index in [1.54, 1.807) is 0 Å². The van der Waals surface area contributed by atoms with E-state index in [0.29, 0.717) is 0 Å². The third-order valence-corrected chi connectivity index (χ3v) is 2.26. The van der Waals surface area contributed by atoms with Gasteiger partial charge in [0.05, 0.1) is 18.0 Å². The van der Waals surface area contributed by atoms with Crippen LogP contribution in [0.15, 0.2) is 24.3 Å². The monoisotopic (exact) mass is 297 g/mol. The van der Waals surface area contributed by atoms with Crippen LogP contribution in [0.5, 0.6) is 0 Å².